The predicted molar refractivity (Wildman–Crippen MR) is 131 cm³/mol. The monoisotopic (exact) mass is 511 g/mol. The maximum absolute atomic E-state index is 4.89. The van der Waals surface area contributed by atoms with Crippen molar-refractivity contribution >= 4 is 46.4 Å². The van der Waals surface area contributed by atoms with E-state index in [9.17, 15) is 0 Å². The van der Waals surface area contributed by atoms with Gasteiger partial charge in [0.05, 0.1) is 29.9 Å². The summed E-state index contributed by atoms with van der Waals surface area (Å²) in [6.07, 6.45) is 8.05. The van der Waals surface area contributed by atoms with Crippen LogP contribution in [0.25, 0.3) is 46.4 Å². The maximum Gasteiger partial charge on any atom is 2.00 e. The largest absolute Gasteiger partial charge is 2.00 e. The van der Waals surface area contributed by atoms with E-state index in [0.29, 0.717) is 0 Å². The average molecular weight is 512 g/mol. The fourth-order valence-electron chi connectivity index (χ4n) is 3.45. The molecule has 5 heterocycles. The minimum atomic E-state index is 0. The van der Waals surface area contributed by atoms with Crippen molar-refractivity contribution in [2.24, 2.45) is 0 Å². The summed E-state index contributed by atoms with van der Waals surface area (Å²) >= 11 is 0. The van der Waals surface area contributed by atoms with E-state index < -0.39 is 0 Å². The summed E-state index contributed by atoms with van der Waals surface area (Å²) in [6.45, 7) is 0. The summed E-state index contributed by atoms with van der Waals surface area (Å²) in [5.41, 5.74) is 7.86. The van der Waals surface area contributed by atoms with Gasteiger partial charge in [-0.2, -0.15) is 18.2 Å². The first-order valence-electron chi connectivity index (χ1n) is 10.3. The number of H-pyrrole nitrogens is 2. The van der Waals surface area contributed by atoms with Gasteiger partial charge in [0.15, 0.2) is 0 Å². The number of benzene rings is 1. The summed E-state index contributed by atoms with van der Waals surface area (Å²) in [5.74, 6) is 0.878. The minimum Gasteiger partial charge on any atom is -1.00 e. The van der Waals surface area contributed by atoms with Crippen molar-refractivity contribution in [2.45, 2.75) is 0 Å². The first kappa shape index (κ1) is 25.0. The second kappa shape index (κ2) is 11.5. The molecule has 2 aliphatic rings. The SMILES string of the molecule is C1=Cc2cc3ccc(cc4ccc(cc5nc(cc1n2)C=C5)[nH]4)[nH]3.COc1cc[c-]cc1.[Cl-].[Co+2]. The molecule has 8 bridgehead atoms. The summed E-state index contributed by atoms with van der Waals surface area (Å²) in [5, 5.41) is 0. The van der Waals surface area contributed by atoms with Gasteiger partial charge in [-0.05, 0) is 72.8 Å². The molecule has 1 aromatic carbocycles. The van der Waals surface area contributed by atoms with E-state index in [0.717, 1.165) is 50.6 Å². The molecular weight excluding hydrogens is 491 g/mol. The average Bonchev–Trinajstić information content (AvgIpc) is 3.61. The van der Waals surface area contributed by atoms with Crippen molar-refractivity contribution in [1.82, 2.24) is 19.9 Å². The quantitative estimate of drug-likeness (QED) is 0.333. The fraction of sp³-hybridized carbons (Fsp3) is 0.0370. The van der Waals surface area contributed by atoms with Crippen molar-refractivity contribution < 1.29 is 33.9 Å². The van der Waals surface area contributed by atoms with Gasteiger partial charge in [-0.1, -0.05) is 0 Å². The molecule has 171 valence electrons. The molecule has 1 radical (unpaired) electrons. The number of aromatic nitrogens is 4. The first-order chi connectivity index (χ1) is 15.7. The van der Waals surface area contributed by atoms with Gasteiger partial charge in [0.1, 0.15) is 0 Å². The number of fused-ring (bicyclic) bond motifs is 8. The van der Waals surface area contributed by atoms with E-state index in [1.807, 2.05) is 66.8 Å². The van der Waals surface area contributed by atoms with Crippen LogP contribution in [0.5, 0.6) is 5.75 Å². The molecule has 0 aliphatic carbocycles. The fourth-order valence-corrected chi connectivity index (χ4v) is 3.45. The Morgan fingerprint density at radius 2 is 1.03 bits per heavy atom. The zero-order chi connectivity index (χ0) is 21.8. The predicted octanol–water partition coefficient (Wildman–Crippen LogP) is 3.15. The number of halogens is 1. The smallest absolute Gasteiger partial charge is 1.00 e. The van der Waals surface area contributed by atoms with Crippen LogP contribution in [-0.4, -0.2) is 27.0 Å². The minimum absolute atomic E-state index is 0. The standard InChI is InChI=1S/C20H14N4.C7H7O.ClH.Co/c1-2-14-10-16-5-6-18(23-16)12-20-8-7-19(24-20)11-17-4-3-15(22-17)9-13(1)21-14;1-8-7-5-3-2-4-6-7;;/h1-12,21-22H;3-6H,1H3;1H;/q;-1;;+2/p-1. The van der Waals surface area contributed by atoms with Gasteiger partial charge in [0.25, 0.3) is 0 Å². The molecule has 0 saturated carbocycles. The molecule has 0 spiro atoms. The number of methoxy groups -OCH3 is 1. The van der Waals surface area contributed by atoms with Gasteiger partial charge in [-0.25, -0.2) is 9.97 Å². The van der Waals surface area contributed by atoms with Gasteiger partial charge in [-0.3, -0.25) is 0 Å². The Labute approximate surface area is 214 Å². The summed E-state index contributed by atoms with van der Waals surface area (Å²) in [6, 6.07) is 26.7. The first-order valence-corrected chi connectivity index (χ1v) is 10.3. The number of hydrogen-bond donors (Lipinski definition) is 2. The number of nitrogens with zero attached hydrogens (tertiary/aromatic N) is 2. The zero-order valence-electron chi connectivity index (χ0n) is 18.3. The van der Waals surface area contributed by atoms with Crippen molar-refractivity contribution in [1.29, 1.82) is 0 Å². The number of nitrogens with one attached hydrogen (secondary N) is 2. The molecule has 34 heavy (non-hydrogen) atoms. The van der Waals surface area contributed by atoms with Crippen molar-refractivity contribution in [3.63, 3.8) is 0 Å². The number of aromatic amines is 2. The van der Waals surface area contributed by atoms with Crippen molar-refractivity contribution in [3.8, 4) is 5.75 Å². The topological polar surface area (TPSA) is 66.6 Å². The Kier molecular flexibility index (Phi) is 8.48. The number of rotatable bonds is 1. The van der Waals surface area contributed by atoms with E-state index in [4.69, 9.17) is 4.74 Å². The van der Waals surface area contributed by atoms with E-state index in [-0.39, 0.29) is 29.2 Å². The molecule has 6 rings (SSSR count). The third-order valence-corrected chi connectivity index (χ3v) is 4.97. The summed E-state index contributed by atoms with van der Waals surface area (Å²) < 4.78 is 4.89. The van der Waals surface area contributed by atoms with Gasteiger partial charge >= 0.3 is 16.8 Å². The van der Waals surface area contributed by atoms with Crippen LogP contribution in [0.15, 0.2) is 72.8 Å². The molecule has 5 nitrogen and oxygen atoms in total. The van der Waals surface area contributed by atoms with Crippen molar-refractivity contribution in [3.05, 3.63) is 102 Å². The molecule has 0 fully saturated rings. The van der Waals surface area contributed by atoms with E-state index in [2.05, 4.69) is 56.3 Å². The molecule has 4 aromatic rings. The third kappa shape index (κ3) is 6.26. The van der Waals surface area contributed by atoms with Gasteiger partial charge in [0, 0.05) is 27.8 Å². The number of hydrogen-bond acceptors (Lipinski definition) is 3. The Morgan fingerprint density at radius 1 is 0.618 bits per heavy atom. The van der Waals surface area contributed by atoms with E-state index in [1.54, 1.807) is 7.11 Å². The summed E-state index contributed by atoms with van der Waals surface area (Å²) in [4.78, 5) is 16.0. The number of ether oxygens (including phenoxy) is 1. The van der Waals surface area contributed by atoms with Crippen LogP contribution in [0, 0.1) is 6.07 Å². The maximum atomic E-state index is 4.89. The third-order valence-electron chi connectivity index (χ3n) is 4.97. The van der Waals surface area contributed by atoms with Crippen LogP contribution in [0.4, 0.5) is 0 Å². The molecule has 7 heteroatoms. The van der Waals surface area contributed by atoms with Crippen LogP contribution in [0.1, 0.15) is 22.8 Å². The Balaban J connectivity index is 0.000000280. The molecule has 3 aromatic heterocycles. The molecule has 2 N–H and O–H groups in total. The van der Waals surface area contributed by atoms with Gasteiger partial charge in [0.2, 0.25) is 0 Å². The Morgan fingerprint density at radius 3 is 1.44 bits per heavy atom. The molecule has 2 aliphatic heterocycles. The van der Waals surface area contributed by atoms with E-state index >= 15 is 0 Å². The van der Waals surface area contributed by atoms with Crippen LogP contribution in [-0.2, 0) is 16.8 Å². The van der Waals surface area contributed by atoms with E-state index in [1.165, 1.54) is 0 Å². The summed E-state index contributed by atoms with van der Waals surface area (Å²) in [7, 11) is 1.65. The van der Waals surface area contributed by atoms with Crippen LogP contribution >= 0.6 is 0 Å². The van der Waals surface area contributed by atoms with Crippen LogP contribution in [0.2, 0.25) is 0 Å². The molecule has 0 atom stereocenters. The van der Waals surface area contributed by atoms with Crippen molar-refractivity contribution in [2.75, 3.05) is 7.11 Å². The molecule has 0 saturated heterocycles. The Bertz CT molecular complexity index is 1380. The van der Waals surface area contributed by atoms with Gasteiger partial charge in [-0.15, -0.1) is 12.1 Å². The van der Waals surface area contributed by atoms with Crippen LogP contribution < -0.4 is 17.1 Å². The second-order valence-electron chi connectivity index (χ2n) is 7.34. The van der Waals surface area contributed by atoms with Crippen LogP contribution in [0.3, 0.4) is 0 Å². The Hall–Kier alpha value is -3.58. The molecular formula is C27H21ClCoN4O. The van der Waals surface area contributed by atoms with Gasteiger partial charge < -0.3 is 27.1 Å². The second-order valence-corrected chi connectivity index (χ2v) is 7.34. The zero-order valence-corrected chi connectivity index (χ0v) is 20.0. The molecule has 0 amide bonds. The molecule has 0 unspecified atom stereocenters. The normalized spacial score (nSPS) is 11.0.